The summed E-state index contributed by atoms with van der Waals surface area (Å²) in [7, 11) is 0. The molecule has 5 aromatic rings. The Kier molecular flexibility index (Phi) is 5.83. The third kappa shape index (κ3) is 3.74. The van der Waals surface area contributed by atoms with Crippen molar-refractivity contribution in [2.45, 2.75) is 39.9 Å². The summed E-state index contributed by atoms with van der Waals surface area (Å²) in [6.07, 6.45) is 2.03. The normalized spacial score (nSPS) is 11.6. The molecule has 0 saturated carbocycles. The van der Waals surface area contributed by atoms with Gasteiger partial charge in [0.15, 0.2) is 0 Å². The fraction of sp³-hybridized carbons (Fsp3) is 0.241. The molecule has 3 aromatic heterocycles. The van der Waals surface area contributed by atoms with Crippen LogP contribution in [0.4, 0.5) is 0 Å². The molecule has 3 nitrogen and oxygen atoms in total. The van der Waals surface area contributed by atoms with E-state index < -0.39 is 0 Å². The summed E-state index contributed by atoms with van der Waals surface area (Å²) in [6.45, 7) is 6.41. The smallest absolute Gasteiger partial charge is 0.119 e. The Morgan fingerprint density at radius 2 is 1.53 bits per heavy atom. The number of rotatable bonds is 9. The molecule has 0 unspecified atom stereocenters. The predicted octanol–water partition coefficient (Wildman–Crippen LogP) is 7.27. The number of pyridine rings is 1. The molecule has 0 aliphatic carbocycles. The quantitative estimate of drug-likeness (QED) is 0.233. The molecule has 0 N–H and O–H groups in total. The van der Waals surface area contributed by atoms with Crippen LogP contribution in [0.15, 0.2) is 78.9 Å². The zero-order valence-electron chi connectivity index (χ0n) is 18.8. The monoisotopic (exact) mass is 423 g/mol. The maximum atomic E-state index is 6.00. The average Bonchev–Trinajstić information content (AvgIpc) is 3.37. The molecule has 0 saturated heterocycles. The number of benzene rings is 2. The zero-order chi connectivity index (χ0) is 21.9. The van der Waals surface area contributed by atoms with Gasteiger partial charge in [0, 0.05) is 17.7 Å². The van der Waals surface area contributed by atoms with Gasteiger partial charge in [-0.3, -0.25) is 0 Å². The van der Waals surface area contributed by atoms with Crippen LogP contribution in [-0.2, 0) is 24.4 Å². The van der Waals surface area contributed by atoms with Crippen molar-refractivity contribution in [3.63, 3.8) is 0 Å². The Balaban J connectivity index is 1.49. The van der Waals surface area contributed by atoms with Gasteiger partial charge in [0.25, 0.3) is 0 Å². The molecule has 0 spiro atoms. The molecule has 2 aromatic carbocycles. The van der Waals surface area contributed by atoms with Gasteiger partial charge in [0.2, 0.25) is 0 Å². The lowest BCUT2D eigenvalue weighted by molar-refractivity contribution is 0.122. The first-order valence-electron chi connectivity index (χ1n) is 11.5. The first-order valence-corrected chi connectivity index (χ1v) is 11.5. The van der Waals surface area contributed by atoms with Crippen molar-refractivity contribution < 1.29 is 9.47 Å². The zero-order valence-corrected chi connectivity index (χ0v) is 18.8. The molecule has 5 rings (SSSR count). The third-order valence-electron chi connectivity index (χ3n) is 6.09. The van der Waals surface area contributed by atoms with E-state index in [0.29, 0.717) is 13.2 Å². The third-order valence-corrected chi connectivity index (χ3v) is 6.09. The highest BCUT2D eigenvalue weighted by Crippen LogP contribution is 2.39. The molecule has 3 heterocycles. The second kappa shape index (κ2) is 9.05. The van der Waals surface area contributed by atoms with E-state index in [4.69, 9.17) is 9.47 Å². The van der Waals surface area contributed by atoms with Gasteiger partial charge >= 0.3 is 0 Å². The van der Waals surface area contributed by atoms with Crippen molar-refractivity contribution in [2.24, 2.45) is 0 Å². The lowest BCUT2D eigenvalue weighted by atomic mass is 9.99. The van der Waals surface area contributed by atoms with Crippen LogP contribution in [-0.4, -0.2) is 11.0 Å². The van der Waals surface area contributed by atoms with Gasteiger partial charge in [-0.25, -0.2) is 0 Å². The summed E-state index contributed by atoms with van der Waals surface area (Å²) in [5.74, 6) is 0.890. The Morgan fingerprint density at radius 1 is 0.750 bits per heavy atom. The number of hydrogen-bond donors (Lipinski definition) is 0. The minimum Gasteiger partial charge on any atom is -0.489 e. The van der Waals surface area contributed by atoms with Crippen molar-refractivity contribution in [1.82, 2.24) is 4.40 Å². The van der Waals surface area contributed by atoms with E-state index in [9.17, 15) is 0 Å². The van der Waals surface area contributed by atoms with Crippen LogP contribution in [0.1, 0.15) is 37.0 Å². The van der Waals surface area contributed by atoms with Crippen LogP contribution in [0.25, 0.3) is 27.7 Å². The topological polar surface area (TPSA) is 22.9 Å². The molecule has 0 amide bonds. The molecule has 0 aliphatic heterocycles. The summed E-state index contributed by atoms with van der Waals surface area (Å²) in [5.41, 5.74) is 10.2. The first-order chi connectivity index (χ1) is 15.8. The standard InChI is InChI=1S/C29H29NO2/c1-3-17-31-20-23-18-28-29(25(4-2)27-12-8-11-26(23)30(27)28)22-13-15-24(16-14-22)32-19-21-9-6-5-7-10-21/h5-16,18H,3-4,17,19-20H2,1-2H3. The largest absolute Gasteiger partial charge is 0.489 e. The van der Waals surface area contributed by atoms with E-state index >= 15 is 0 Å². The van der Waals surface area contributed by atoms with Crippen LogP contribution < -0.4 is 4.74 Å². The molecule has 0 atom stereocenters. The molecule has 162 valence electrons. The second-order valence-corrected chi connectivity index (χ2v) is 8.24. The number of hydrogen-bond acceptors (Lipinski definition) is 2. The maximum absolute atomic E-state index is 6.00. The highest BCUT2D eigenvalue weighted by molar-refractivity contribution is 5.96. The number of aromatic nitrogens is 1. The summed E-state index contributed by atoms with van der Waals surface area (Å²) in [4.78, 5) is 0. The molecule has 32 heavy (non-hydrogen) atoms. The fourth-order valence-electron chi connectivity index (χ4n) is 4.61. The molecule has 0 bridgehead atoms. The Bertz CT molecular complexity index is 1300. The van der Waals surface area contributed by atoms with Crippen molar-refractivity contribution in [3.05, 3.63) is 95.6 Å². The van der Waals surface area contributed by atoms with Gasteiger partial charge in [-0.05, 0) is 59.9 Å². The van der Waals surface area contributed by atoms with E-state index in [1.165, 1.54) is 44.4 Å². The van der Waals surface area contributed by atoms with E-state index in [2.05, 4.69) is 78.9 Å². The molecule has 0 fully saturated rings. The minimum absolute atomic E-state index is 0.578. The van der Waals surface area contributed by atoms with Gasteiger partial charge in [-0.1, -0.05) is 62.4 Å². The van der Waals surface area contributed by atoms with Crippen LogP contribution in [0.5, 0.6) is 5.75 Å². The van der Waals surface area contributed by atoms with E-state index in [-0.39, 0.29) is 0 Å². The van der Waals surface area contributed by atoms with Gasteiger partial charge in [0.05, 0.1) is 23.2 Å². The number of aryl methyl sites for hydroxylation is 1. The lowest BCUT2D eigenvalue weighted by Crippen LogP contribution is -1.95. The summed E-state index contributed by atoms with van der Waals surface area (Å²) in [5, 5.41) is 0. The summed E-state index contributed by atoms with van der Waals surface area (Å²) >= 11 is 0. The van der Waals surface area contributed by atoms with E-state index in [1.807, 2.05) is 18.2 Å². The van der Waals surface area contributed by atoms with Crippen molar-refractivity contribution in [3.8, 4) is 16.9 Å². The van der Waals surface area contributed by atoms with Gasteiger partial charge < -0.3 is 13.9 Å². The predicted molar refractivity (Wildman–Crippen MR) is 132 cm³/mol. The van der Waals surface area contributed by atoms with Gasteiger partial charge in [0.1, 0.15) is 12.4 Å². The number of ether oxygens (including phenoxy) is 2. The molecular weight excluding hydrogens is 394 g/mol. The summed E-state index contributed by atoms with van der Waals surface area (Å²) < 4.78 is 14.3. The van der Waals surface area contributed by atoms with E-state index in [0.717, 1.165) is 25.2 Å². The van der Waals surface area contributed by atoms with Gasteiger partial charge in [-0.15, -0.1) is 0 Å². The van der Waals surface area contributed by atoms with Crippen molar-refractivity contribution in [2.75, 3.05) is 6.61 Å². The molecule has 3 heteroatoms. The first kappa shape index (κ1) is 20.6. The minimum atomic E-state index is 0.578. The van der Waals surface area contributed by atoms with Crippen LogP contribution in [0.2, 0.25) is 0 Å². The maximum Gasteiger partial charge on any atom is 0.119 e. The Morgan fingerprint density at radius 3 is 2.28 bits per heavy atom. The molecular formula is C29H29NO2. The summed E-state index contributed by atoms with van der Waals surface area (Å²) in [6, 6.07) is 27.7. The van der Waals surface area contributed by atoms with Crippen LogP contribution in [0.3, 0.4) is 0 Å². The fourth-order valence-corrected chi connectivity index (χ4v) is 4.61. The lowest BCUT2D eigenvalue weighted by Gasteiger charge is -2.08. The van der Waals surface area contributed by atoms with Crippen LogP contribution in [0, 0.1) is 0 Å². The number of nitrogens with zero attached hydrogens (tertiary/aromatic N) is 1. The van der Waals surface area contributed by atoms with Crippen molar-refractivity contribution in [1.29, 1.82) is 0 Å². The highest BCUT2D eigenvalue weighted by Gasteiger charge is 2.20. The Labute approximate surface area is 189 Å². The van der Waals surface area contributed by atoms with E-state index in [1.54, 1.807) is 0 Å². The van der Waals surface area contributed by atoms with Crippen molar-refractivity contribution >= 4 is 16.6 Å². The SMILES string of the molecule is CCCOCc1cc2c(-c3ccc(OCc4ccccc4)cc3)c(CC)c3cccc1n32. The van der Waals surface area contributed by atoms with Crippen LogP contribution >= 0.6 is 0 Å². The second-order valence-electron chi connectivity index (χ2n) is 8.24. The molecule has 0 aliphatic rings. The average molecular weight is 424 g/mol. The molecule has 0 radical (unpaired) electrons. The Hall–Kier alpha value is -3.30. The highest BCUT2D eigenvalue weighted by atomic mass is 16.5. The van der Waals surface area contributed by atoms with Gasteiger partial charge in [-0.2, -0.15) is 0 Å².